The van der Waals surface area contributed by atoms with Crippen molar-refractivity contribution in [3.8, 4) is 0 Å². The Kier molecular flexibility index (Phi) is 5.52. The van der Waals surface area contributed by atoms with Crippen molar-refractivity contribution in [1.29, 1.82) is 0 Å². The summed E-state index contributed by atoms with van der Waals surface area (Å²) in [5.41, 5.74) is 1.49. The van der Waals surface area contributed by atoms with E-state index >= 15 is 0 Å². The maximum absolute atomic E-state index is 4.10. The average Bonchev–Trinajstić information content (AvgIpc) is 1.81. The summed E-state index contributed by atoms with van der Waals surface area (Å²) >= 11 is 2.41. The Morgan fingerprint density at radius 1 is 1.38 bits per heavy atom. The van der Waals surface area contributed by atoms with E-state index < -0.39 is 0 Å². The van der Waals surface area contributed by atoms with Gasteiger partial charge in [-0.2, -0.15) is 0 Å². The highest BCUT2D eigenvalue weighted by Crippen LogP contribution is 2.21. The van der Waals surface area contributed by atoms with E-state index in [-0.39, 0.29) is 5.54 Å². The average molecular weight is 295 g/mol. The van der Waals surface area contributed by atoms with Crippen molar-refractivity contribution in [2.75, 3.05) is 0 Å². The molecular formula is C11H22IN. The minimum absolute atomic E-state index is 0.171. The molecule has 1 atom stereocenters. The van der Waals surface area contributed by atoms with E-state index in [1.54, 1.807) is 0 Å². The largest absolute Gasteiger partial charge is 0.309 e. The van der Waals surface area contributed by atoms with Crippen LogP contribution < -0.4 is 5.32 Å². The number of rotatable bonds is 5. The quantitative estimate of drug-likeness (QED) is 0.465. The molecule has 1 unspecified atom stereocenters. The molecule has 13 heavy (non-hydrogen) atoms. The zero-order chi connectivity index (χ0) is 10.6. The monoisotopic (exact) mass is 295 g/mol. The summed E-state index contributed by atoms with van der Waals surface area (Å²) in [4.78, 5) is 0. The number of nitrogens with one attached hydrogen (secondary N) is 1. The Balaban J connectivity index is 4.09. The lowest BCUT2D eigenvalue weighted by atomic mass is 9.93. The molecule has 0 bridgehead atoms. The van der Waals surface area contributed by atoms with Crippen molar-refractivity contribution in [3.05, 3.63) is 12.2 Å². The molecule has 0 saturated carbocycles. The van der Waals surface area contributed by atoms with Gasteiger partial charge < -0.3 is 5.32 Å². The van der Waals surface area contributed by atoms with Crippen molar-refractivity contribution in [3.63, 3.8) is 0 Å². The van der Waals surface area contributed by atoms with Gasteiger partial charge in [0, 0.05) is 15.5 Å². The fraction of sp³-hybridized carbons (Fsp3) is 0.818. The Bertz CT molecular complexity index is 171. The van der Waals surface area contributed by atoms with Crippen molar-refractivity contribution < 1.29 is 0 Å². The molecular weight excluding hydrogens is 273 g/mol. The van der Waals surface area contributed by atoms with Crippen molar-refractivity contribution >= 4 is 22.6 Å². The number of halogens is 1. The first-order valence-corrected chi connectivity index (χ1v) is 6.08. The van der Waals surface area contributed by atoms with Crippen molar-refractivity contribution in [1.82, 2.24) is 5.32 Å². The second-order valence-electron chi connectivity index (χ2n) is 4.63. The van der Waals surface area contributed by atoms with Gasteiger partial charge in [-0.25, -0.2) is 0 Å². The summed E-state index contributed by atoms with van der Waals surface area (Å²) in [6, 6.07) is 0.535. The molecule has 0 radical (unpaired) electrons. The van der Waals surface area contributed by atoms with Gasteiger partial charge in [0.05, 0.1) is 0 Å². The van der Waals surface area contributed by atoms with Gasteiger partial charge in [0.15, 0.2) is 0 Å². The molecule has 1 N–H and O–H groups in total. The fourth-order valence-corrected chi connectivity index (χ4v) is 1.76. The van der Waals surface area contributed by atoms with Crippen LogP contribution in [-0.4, -0.2) is 15.5 Å². The zero-order valence-electron chi connectivity index (χ0n) is 9.45. The minimum Gasteiger partial charge on any atom is -0.309 e. The Hall–Kier alpha value is 0.430. The van der Waals surface area contributed by atoms with Gasteiger partial charge >= 0.3 is 0 Å². The third-order valence-electron chi connectivity index (χ3n) is 1.91. The maximum Gasteiger partial charge on any atom is 0.0288 e. The number of alkyl halides is 1. The van der Waals surface area contributed by atoms with Crippen LogP contribution >= 0.6 is 22.6 Å². The highest BCUT2D eigenvalue weighted by Gasteiger charge is 2.20. The highest BCUT2D eigenvalue weighted by molar-refractivity contribution is 14.1. The minimum atomic E-state index is 0.171. The van der Waals surface area contributed by atoms with Gasteiger partial charge in [-0.15, -0.1) is 0 Å². The Labute approximate surface area is 96.5 Å². The second-order valence-corrected chi connectivity index (χ2v) is 6.50. The number of hydrogen-bond donors (Lipinski definition) is 1. The van der Waals surface area contributed by atoms with Crippen LogP contribution in [0.1, 0.15) is 41.0 Å². The lowest BCUT2D eigenvalue weighted by Crippen LogP contribution is -2.44. The predicted octanol–water partition coefficient (Wildman–Crippen LogP) is 3.53. The topological polar surface area (TPSA) is 12.0 Å². The molecule has 0 aromatic rings. The second kappa shape index (κ2) is 5.35. The molecule has 2 heteroatoms. The molecule has 0 saturated heterocycles. The molecule has 0 aromatic carbocycles. The maximum atomic E-state index is 4.10. The van der Waals surface area contributed by atoms with Crippen LogP contribution in [0.5, 0.6) is 0 Å². The molecule has 0 heterocycles. The molecule has 0 spiro atoms. The van der Waals surface area contributed by atoms with Crippen LogP contribution in [0.15, 0.2) is 12.2 Å². The van der Waals surface area contributed by atoms with Gasteiger partial charge in [-0.05, 0) is 27.2 Å². The van der Waals surface area contributed by atoms with Crippen LogP contribution in [0.3, 0.4) is 0 Å². The van der Waals surface area contributed by atoms with Gasteiger partial charge in [0.25, 0.3) is 0 Å². The van der Waals surface area contributed by atoms with Crippen molar-refractivity contribution in [2.45, 2.75) is 56.5 Å². The first kappa shape index (κ1) is 13.4. The van der Waals surface area contributed by atoms with Gasteiger partial charge in [-0.3, -0.25) is 0 Å². The predicted molar refractivity (Wildman–Crippen MR) is 69.6 cm³/mol. The van der Waals surface area contributed by atoms with E-state index in [0.29, 0.717) is 9.97 Å². The van der Waals surface area contributed by atoms with Gasteiger partial charge in [0.2, 0.25) is 0 Å². The lowest BCUT2D eigenvalue weighted by Gasteiger charge is -2.30. The van der Waals surface area contributed by atoms with E-state index in [1.165, 1.54) is 5.57 Å². The summed E-state index contributed by atoms with van der Waals surface area (Å²) in [6.07, 6.45) is 1.05. The van der Waals surface area contributed by atoms with E-state index in [0.717, 1.165) is 6.42 Å². The van der Waals surface area contributed by atoms with Gasteiger partial charge in [0.1, 0.15) is 0 Å². The molecule has 0 rings (SSSR count). The van der Waals surface area contributed by atoms with Crippen LogP contribution in [0.4, 0.5) is 0 Å². The van der Waals surface area contributed by atoms with E-state index in [4.69, 9.17) is 0 Å². The molecule has 0 fully saturated rings. The van der Waals surface area contributed by atoms with Crippen LogP contribution in [0, 0.1) is 0 Å². The molecule has 0 aliphatic heterocycles. The summed E-state index contributed by atoms with van der Waals surface area (Å²) in [5, 5.41) is 3.54. The van der Waals surface area contributed by atoms with Crippen LogP contribution in [-0.2, 0) is 0 Å². The highest BCUT2D eigenvalue weighted by atomic mass is 127. The summed E-state index contributed by atoms with van der Waals surface area (Å²) < 4.78 is 0.561. The SMILES string of the molecule is C=C(CC(C)(C)NC(C)C)C(C)I. The first-order chi connectivity index (χ1) is 5.74. The molecule has 1 nitrogen and oxygen atoms in total. The molecule has 0 amide bonds. The summed E-state index contributed by atoms with van der Waals surface area (Å²) in [5.74, 6) is 0. The molecule has 0 aliphatic rings. The van der Waals surface area contributed by atoms with Crippen molar-refractivity contribution in [2.24, 2.45) is 0 Å². The van der Waals surface area contributed by atoms with Gasteiger partial charge in [-0.1, -0.05) is 48.6 Å². The Morgan fingerprint density at radius 3 is 2.15 bits per heavy atom. The molecule has 0 aromatic heterocycles. The zero-order valence-corrected chi connectivity index (χ0v) is 11.6. The molecule has 0 aliphatic carbocycles. The smallest absolute Gasteiger partial charge is 0.0288 e. The third kappa shape index (κ3) is 6.49. The Morgan fingerprint density at radius 2 is 1.85 bits per heavy atom. The summed E-state index contributed by atoms with van der Waals surface area (Å²) in [6.45, 7) is 15.1. The molecule has 78 valence electrons. The fourth-order valence-electron chi connectivity index (χ4n) is 1.54. The lowest BCUT2D eigenvalue weighted by molar-refractivity contribution is 0.351. The van der Waals surface area contributed by atoms with E-state index in [2.05, 4.69) is 69.1 Å². The summed E-state index contributed by atoms with van der Waals surface area (Å²) in [7, 11) is 0. The first-order valence-electron chi connectivity index (χ1n) is 4.84. The standard InChI is InChI=1S/C11H22IN/c1-8(2)13-11(5,6)7-9(3)10(4)12/h8,10,13H,3,7H2,1-2,4-6H3. The normalized spacial score (nSPS) is 14.7. The van der Waals surface area contributed by atoms with E-state index in [9.17, 15) is 0 Å². The third-order valence-corrected chi connectivity index (χ3v) is 2.79. The van der Waals surface area contributed by atoms with Crippen LogP contribution in [0.2, 0.25) is 0 Å². The van der Waals surface area contributed by atoms with Crippen LogP contribution in [0.25, 0.3) is 0 Å². The number of hydrogen-bond acceptors (Lipinski definition) is 1. The van der Waals surface area contributed by atoms with E-state index in [1.807, 2.05) is 0 Å².